The summed E-state index contributed by atoms with van der Waals surface area (Å²) in [6.07, 6.45) is 5.03. The SMILES string of the molecule is C=C1[C@H]([C@@H](O)/C=C(\C)CC/C=C(\C)CO[Si](c2ccccc2)(c2ccccc2)C(C)(C)C)[C@@H](OCOCC[Si](C)(C)C)C[C@@H](C)[C@]1(C)CS(=O)(=O)c1ccccc1. The smallest absolute Gasteiger partial charge is 0.261 e. The van der Waals surface area contributed by atoms with Crippen LogP contribution in [0.2, 0.25) is 30.7 Å². The van der Waals surface area contributed by atoms with Crippen molar-refractivity contribution in [3.05, 3.63) is 126 Å². The average molecular weight is 831 g/mol. The van der Waals surface area contributed by atoms with E-state index in [9.17, 15) is 13.5 Å². The third-order valence-corrected chi connectivity index (χ3v) is 20.6. The maximum Gasteiger partial charge on any atom is 0.261 e. The molecule has 9 heteroatoms. The van der Waals surface area contributed by atoms with Crippen molar-refractivity contribution in [1.29, 1.82) is 0 Å². The summed E-state index contributed by atoms with van der Waals surface area (Å²) >= 11 is 0. The molecule has 1 fully saturated rings. The number of allylic oxidation sites excluding steroid dienone is 2. The fraction of sp³-hybridized carbons (Fsp3) is 0.500. The van der Waals surface area contributed by atoms with Gasteiger partial charge in [0.2, 0.25) is 0 Å². The molecule has 1 aliphatic rings. The molecule has 0 radical (unpaired) electrons. The molecule has 312 valence electrons. The molecule has 6 nitrogen and oxygen atoms in total. The van der Waals surface area contributed by atoms with Gasteiger partial charge in [0.15, 0.2) is 9.84 Å². The summed E-state index contributed by atoms with van der Waals surface area (Å²) in [5, 5.41) is 14.4. The van der Waals surface area contributed by atoms with Crippen molar-refractivity contribution in [2.45, 2.75) is 116 Å². The summed E-state index contributed by atoms with van der Waals surface area (Å²) in [6.45, 7) is 27.9. The van der Waals surface area contributed by atoms with E-state index in [0.717, 1.165) is 24.5 Å². The van der Waals surface area contributed by atoms with Crippen molar-refractivity contribution in [3.63, 3.8) is 0 Å². The second-order valence-electron chi connectivity index (χ2n) is 18.8. The lowest BCUT2D eigenvalue weighted by Gasteiger charge is -2.49. The van der Waals surface area contributed by atoms with Gasteiger partial charge in [0.25, 0.3) is 8.32 Å². The lowest BCUT2D eigenvalue weighted by Crippen LogP contribution is -2.66. The summed E-state index contributed by atoms with van der Waals surface area (Å²) in [7, 11) is -7.54. The third-order valence-electron chi connectivity index (χ3n) is 12.0. The molecule has 0 spiro atoms. The van der Waals surface area contributed by atoms with Gasteiger partial charge in [0.05, 0.1) is 29.5 Å². The van der Waals surface area contributed by atoms with E-state index < -0.39 is 43.7 Å². The Hall–Kier alpha value is -2.90. The van der Waals surface area contributed by atoms with Gasteiger partial charge < -0.3 is 19.0 Å². The monoisotopic (exact) mass is 830 g/mol. The van der Waals surface area contributed by atoms with E-state index in [2.05, 4.69) is 128 Å². The summed E-state index contributed by atoms with van der Waals surface area (Å²) in [5.74, 6) is -0.636. The van der Waals surface area contributed by atoms with E-state index in [1.807, 2.05) is 26.0 Å². The Morgan fingerprint density at radius 1 is 0.930 bits per heavy atom. The molecule has 5 atom stereocenters. The molecule has 0 saturated heterocycles. The van der Waals surface area contributed by atoms with Crippen LogP contribution in [0.1, 0.15) is 67.7 Å². The molecule has 1 saturated carbocycles. The standard InChI is InChI=1S/C48H70O6SSi2/c1-37(22-21-23-38(2)34-54-57(47(5,6)7,42-26-17-13-18-27-42)43-28-19-14-20-29-43)32-44(49)46-40(4)48(8,35-55(50,51)41-24-15-12-16-25-41)39(3)33-45(46)53-36-52-30-31-56(9,10)11/h12-20,23-29,32,39,44-46,49H,4,21-22,30-31,33-36H2,1-3,5-11H3/b37-32+,38-23+/t39-,44+,45+,46-,48+/m1/s1. The fourth-order valence-corrected chi connectivity index (χ4v) is 15.6. The Bertz CT molecular complexity index is 1860. The molecule has 0 amide bonds. The summed E-state index contributed by atoms with van der Waals surface area (Å²) in [5.41, 5.74) is 2.16. The molecule has 4 rings (SSSR count). The quantitative estimate of drug-likeness (QED) is 0.0561. The van der Waals surface area contributed by atoms with Crippen LogP contribution in [0.15, 0.2) is 131 Å². The number of ether oxygens (including phenoxy) is 2. The lowest BCUT2D eigenvalue weighted by molar-refractivity contribution is -0.130. The van der Waals surface area contributed by atoms with E-state index in [1.54, 1.807) is 24.3 Å². The molecule has 0 bridgehead atoms. The highest BCUT2D eigenvalue weighted by atomic mass is 32.2. The van der Waals surface area contributed by atoms with E-state index in [4.69, 9.17) is 13.9 Å². The zero-order valence-corrected chi connectivity index (χ0v) is 39.2. The molecule has 0 unspecified atom stereocenters. The Morgan fingerprint density at radius 3 is 2.00 bits per heavy atom. The Kier molecular flexibility index (Phi) is 16.3. The van der Waals surface area contributed by atoms with Gasteiger partial charge in [-0.05, 0) is 72.6 Å². The summed E-state index contributed by atoms with van der Waals surface area (Å²) in [6, 6.07) is 31.1. The third kappa shape index (κ3) is 12.1. The molecular weight excluding hydrogens is 761 g/mol. The summed E-state index contributed by atoms with van der Waals surface area (Å²) in [4.78, 5) is 0.300. The van der Waals surface area contributed by atoms with Gasteiger partial charge in [-0.3, -0.25) is 0 Å². The number of hydrogen-bond donors (Lipinski definition) is 1. The number of aliphatic hydroxyl groups is 1. The Labute approximate surface area is 347 Å². The minimum Gasteiger partial charge on any atom is -0.403 e. The van der Waals surface area contributed by atoms with Crippen molar-refractivity contribution in [3.8, 4) is 0 Å². The van der Waals surface area contributed by atoms with Crippen LogP contribution in [0.3, 0.4) is 0 Å². The summed E-state index contributed by atoms with van der Waals surface area (Å²) < 4.78 is 47.0. The number of sulfone groups is 1. The van der Waals surface area contributed by atoms with Crippen LogP contribution < -0.4 is 10.4 Å². The predicted molar refractivity (Wildman–Crippen MR) is 243 cm³/mol. The normalized spacial score (nSPS) is 22.1. The first-order chi connectivity index (χ1) is 26.7. The number of benzene rings is 3. The van der Waals surface area contributed by atoms with Crippen LogP contribution in [-0.2, 0) is 23.7 Å². The minimum atomic E-state index is -3.62. The van der Waals surface area contributed by atoms with Gasteiger partial charge in [-0.1, -0.05) is 169 Å². The molecule has 1 aliphatic carbocycles. The van der Waals surface area contributed by atoms with E-state index in [1.165, 1.54) is 15.9 Å². The Morgan fingerprint density at radius 2 is 1.47 bits per heavy atom. The molecule has 1 N–H and O–H groups in total. The average Bonchev–Trinajstić information content (AvgIpc) is 3.14. The first-order valence-corrected chi connectivity index (χ1v) is 27.9. The van der Waals surface area contributed by atoms with Gasteiger partial charge in [-0.15, -0.1) is 0 Å². The largest absolute Gasteiger partial charge is 0.403 e. The first kappa shape index (κ1) is 46.8. The molecule has 3 aromatic carbocycles. The van der Waals surface area contributed by atoms with Crippen molar-refractivity contribution in [2.24, 2.45) is 17.3 Å². The number of aliphatic hydroxyl groups excluding tert-OH is 1. The molecular formula is C48H70O6SSi2. The highest BCUT2D eigenvalue weighted by Crippen LogP contribution is 2.50. The van der Waals surface area contributed by atoms with E-state index in [-0.39, 0.29) is 29.6 Å². The van der Waals surface area contributed by atoms with Crippen LogP contribution in [0, 0.1) is 17.3 Å². The second-order valence-corrected chi connectivity index (χ2v) is 30.7. The van der Waals surface area contributed by atoms with Crippen LogP contribution in [0.5, 0.6) is 0 Å². The second kappa shape index (κ2) is 19.9. The topological polar surface area (TPSA) is 82.1 Å². The van der Waals surface area contributed by atoms with Crippen molar-refractivity contribution >= 4 is 36.6 Å². The van der Waals surface area contributed by atoms with Gasteiger partial charge in [-0.2, -0.15) is 0 Å². The predicted octanol–water partition coefficient (Wildman–Crippen LogP) is 9.99. The van der Waals surface area contributed by atoms with E-state index >= 15 is 0 Å². The zero-order valence-electron chi connectivity index (χ0n) is 36.4. The van der Waals surface area contributed by atoms with Crippen LogP contribution in [0.4, 0.5) is 0 Å². The van der Waals surface area contributed by atoms with Gasteiger partial charge in [0.1, 0.15) is 6.79 Å². The molecule has 3 aromatic rings. The minimum absolute atomic E-state index is 0.0526. The van der Waals surface area contributed by atoms with Gasteiger partial charge in [0, 0.05) is 26.0 Å². The highest BCUT2D eigenvalue weighted by molar-refractivity contribution is 7.91. The van der Waals surface area contributed by atoms with E-state index in [0.29, 0.717) is 30.1 Å². The first-order valence-electron chi connectivity index (χ1n) is 20.6. The highest BCUT2D eigenvalue weighted by Gasteiger charge is 2.51. The van der Waals surface area contributed by atoms with Gasteiger partial charge in [-0.25, -0.2) is 8.42 Å². The molecule has 0 heterocycles. The fourth-order valence-electron chi connectivity index (χ4n) is 8.26. The number of hydrogen-bond acceptors (Lipinski definition) is 6. The van der Waals surface area contributed by atoms with Crippen molar-refractivity contribution < 1.29 is 27.4 Å². The van der Waals surface area contributed by atoms with Crippen LogP contribution in [0.25, 0.3) is 0 Å². The maximum absolute atomic E-state index is 13.7. The van der Waals surface area contributed by atoms with Gasteiger partial charge >= 0.3 is 0 Å². The zero-order chi connectivity index (χ0) is 42.1. The molecule has 57 heavy (non-hydrogen) atoms. The van der Waals surface area contributed by atoms with Crippen molar-refractivity contribution in [1.82, 2.24) is 0 Å². The number of rotatable bonds is 19. The Balaban J connectivity index is 1.51. The maximum atomic E-state index is 13.7. The van der Waals surface area contributed by atoms with Crippen LogP contribution >= 0.6 is 0 Å². The van der Waals surface area contributed by atoms with Crippen molar-refractivity contribution in [2.75, 3.05) is 25.8 Å². The lowest BCUT2D eigenvalue weighted by atomic mass is 9.60. The molecule has 0 aromatic heterocycles. The molecule has 0 aliphatic heterocycles. The van der Waals surface area contributed by atoms with Crippen LogP contribution in [-0.4, -0.2) is 67.9 Å².